The lowest BCUT2D eigenvalue weighted by molar-refractivity contribution is -0.125. The maximum absolute atomic E-state index is 12.1. The average Bonchev–Trinajstić information content (AvgIpc) is 2.69. The first kappa shape index (κ1) is 18.6. The Morgan fingerprint density at radius 3 is 2.52 bits per heavy atom. The number of rotatable bonds is 4. The minimum atomic E-state index is -3.35. The molecule has 0 bridgehead atoms. The van der Waals surface area contributed by atoms with Gasteiger partial charge in [0.05, 0.1) is 17.8 Å². The number of nitrogens with one attached hydrogen (secondary N) is 1. The maximum Gasteiger partial charge on any atom is 0.225 e. The quantitative estimate of drug-likeness (QED) is 0.639. The molecule has 0 aliphatic carbocycles. The summed E-state index contributed by atoms with van der Waals surface area (Å²) in [6.45, 7) is 2.94. The van der Waals surface area contributed by atoms with Gasteiger partial charge in [-0.15, -0.1) is 0 Å². The minimum Gasteiger partial charge on any atom is -0.388 e. The zero-order valence-electron chi connectivity index (χ0n) is 13.8. The van der Waals surface area contributed by atoms with Crippen LogP contribution in [-0.2, 0) is 19.6 Å². The van der Waals surface area contributed by atoms with Crippen molar-refractivity contribution >= 4 is 15.9 Å². The second kappa shape index (κ2) is 7.43. The zero-order chi connectivity index (χ0) is 17.1. The summed E-state index contributed by atoms with van der Waals surface area (Å²) >= 11 is 0. The largest absolute Gasteiger partial charge is 0.388 e. The Labute approximate surface area is 137 Å². The Kier molecular flexibility index (Phi) is 6.01. The number of sulfonamides is 1. The van der Waals surface area contributed by atoms with Crippen molar-refractivity contribution in [1.29, 1.82) is 0 Å². The number of ether oxygens (including phenoxy) is 1. The minimum absolute atomic E-state index is 0.176. The second-order valence-electron chi connectivity index (χ2n) is 6.50. The summed E-state index contributed by atoms with van der Waals surface area (Å²) in [5.41, 5.74) is -0.828. The molecule has 134 valence electrons. The number of aliphatic hydroxyl groups is 1. The molecule has 0 aromatic carbocycles. The molecule has 2 aliphatic heterocycles. The zero-order valence-corrected chi connectivity index (χ0v) is 14.6. The molecule has 9 heteroatoms. The van der Waals surface area contributed by atoms with Gasteiger partial charge in [-0.05, 0) is 0 Å². The number of hydrogen-bond acceptors (Lipinski definition) is 6. The summed E-state index contributed by atoms with van der Waals surface area (Å²) < 4.78 is 30.4. The van der Waals surface area contributed by atoms with E-state index in [2.05, 4.69) is 5.32 Å². The lowest BCUT2D eigenvalue weighted by Gasteiger charge is -2.37. The van der Waals surface area contributed by atoms with Crippen molar-refractivity contribution in [3.8, 4) is 0 Å². The van der Waals surface area contributed by atoms with Crippen LogP contribution in [-0.4, -0.2) is 93.5 Å². The van der Waals surface area contributed by atoms with Crippen molar-refractivity contribution in [2.45, 2.75) is 18.4 Å². The first-order chi connectivity index (χ1) is 10.7. The summed E-state index contributed by atoms with van der Waals surface area (Å²) in [6, 6.07) is 0. The summed E-state index contributed by atoms with van der Waals surface area (Å²) in [7, 11) is -1.80. The highest BCUT2D eigenvalue weighted by molar-refractivity contribution is 7.88. The number of nitrogens with zero attached hydrogens (tertiary/aromatic N) is 2. The van der Waals surface area contributed by atoms with Gasteiger partial charge < -0.3 is 15.2 Å². The number of hydrogen-bond donors (Lipinski definition) is 2. The Morgan fingerprint density at radius 2 is 1.96 bits per heavy atom. The SMILES string of the molecule is CNC(=O)C1CN(CC2(O)CCOCC2)CCN(S(C)(=O)=O)C1. The maximum atomic E-state index is 12.1. The molecule has 23 heavy (non-hydrogen) atoms. The van der Waals surface area contributed by atoms with Crippen molar-refractivity contribution in [2.75, 3.05) is 59.2 Å². The Morgan fingerprint density at radius 1 is 1.30 bits per heavy atom. The number of amides is 1. The molecule has 2 fully saturated rings. The van der Waals surface area contributed by atoms with E-state index in [-0.39, 0.29) is 12.5 Å². The van der Waals surface area contributed by atoms with Crippen LogP contribution >= 0.6 is 0 Å². The molecule has 1 atom stereocenters. The van der Waals surface area contributed by atoms with Gasteiger partial charge in [0.1, 0.15) is 0 Å². The van der Waals surface area contributed by atoms with Crippen LogP contribution in [0.2, 0.25) is 0 Å². The number of carbonyl (C=O) groups excluding carboxylic acids is 1. The van der Waals surface area contributed by atoms with Crippen molar-refractivity contribution < 1.29 is 23.1 Å². The van der Waals surface area contributed by atoms with Crippen LogP contribution in [0.25, 0.3) is 0 Å². The number of β-amino-alcohol motifs (C(OH)–C–C–N with tert-alkyl or cyclic N) is 1. The molecule has 0 spiro atoms. The molecule has 2 rings (SSSR count). The molecule has 0 aromatic rings. The normalized spacial score (nSPS) is 27.3. The molecular formula is C14H27N3O5S. The average molecular weight is 349 g/mol. The van der Waals surface area contributed by atoms with Crippen molar-refractivity contribution in [2.24, 2.45) is 5.92 Å². The van der Waals surface area contributed by atoms with Gasteiger partial charge in [0, 0.05) is 65.8 Å². The second-order valence-corrected chi connectivity index (χ2v) is 8.49. The van der Waals surface area contributed by atoms with Crippen LogP contribution in [0.1, 0.15) is 12.8 Å². The van der Waals surface area contributed by atoms with E-state index >= 15 is 0 Å². The fourth-order valence-electron chi connectivity index (χ4n) is 3.19. The molecule has 2 aliphatic rings. The van der Waals surface area contributed by atoms with Crippen LogP contribution < -0.4 is 5.32 Å². The third kappa shape index (κ3) is 5.12. The fraction of sp³-hybridized carbons (Fsp3) is 0.929. The molecule has 2 N–H and O–H groups in total. The van der Waals surface area contributed by atoms with Gasteiger partial charge in [-0.3, -0.25) is 9.69 Å². The van der Waals surface area contributed by atoms with Crippen LogP contribution in [0.3, 0.4) is 0 Å². The molecule has 1 unspecified atom stereocenters. The molecule has 0 aromatic heterocycles. The molecule has 2 saturated heterocycles. The summed E-state index contributed by atoms with van der Waals surface area (Å²) in [4.78, 5) is 14.1. The third-order valence-electron chi connectivity index (χ3n) is 4.60. The highest BCUT2D eigenvalue weighted by atomic mass is 32.2. The highest BCUT2D eigenvalue weighted by Crippen LogP contribution is 2.23. The van der Waals surface area contributed by atoms with Crippen LogP contribution in [0.5, 0.6) is 0 Å². The Balaban J connectivity index is 2.10. The standard InChI is InChI=1S/C14H27N3O5S/c1-15-13(18)12-9-16(5-6-17(10-12)23(2,20)21)11-14(19)3-7-22-8-4-14/h12,19H,3-11H2,1-2H3,(H,15,18). The monoisotopic (exact) mass is 349 g/mol. The van der Waals surface area contributed by atoms with Gasteiger partial charge in [-0.25, -0.2) is 12.7 Å². The van der Waals surface area contributed by atoms with E-state index in [0.29, 0.717) is 52.2 Å². The van der Waals surface area contributed by atoms with E-state index in [1.54, 1.807) is 7.05 Å². The molecule has 2 heterocycles. The summed E-state index contributed by atoms with van der Waals surface area (Å²) in [5.74, 6) is -0.620. The summed E-state index contributed by atoms with van der Waals surface area (Å²) in [6.07, 6.45) is 2.28. The Bertz CT molecular complexity index is 519. The molecule has 8 nitrogen and oxygen atoms in total. The van der Waals surface area contributed by atoms with E-state index in [4.69, 9.17) is 4.74 Å². The van der Waals surface area contributed by atoms with Gasteiger partial charge in [-0.2, -0.15) is 0 Å². The predicted molar refractivity (Wildman–Crippen MR) is 85.4 cm³/mol. The lowest BCUT2D eigenvalue weighted by atomic mass is 9.93. The fourth-order valence-corrected chi connectivity index (χ4v) is 4.06. The Hall–Kier alpha value is -0.740. The smallest absolute Gasteiger partial charge is 0.225 e. The van der Waals surface area contributed by atoms with Gasteiger partial charge >= 0.3 is 0 Å². The van der Waals surface area contributed by atoms with Crippen molar-refractivity contribution in [3.63, 3.8) is 0 Å². The predicted octanol–water partition coefficient (Wildman–Crippen LogP) is -1.53. The van der Waals surface area contributed by atoms with Gasteiger partial charge in [0.25, 0.3) is 0 Å². The third-order valence-corrected chi connectivity index (χ3v) is 5.87. The van der Waals surface area contributed by atoms with Crippen LogP contribution in [0, 0.1) is 5.92 Å². The number of carbonyl (C=O) groups is 1. The van der Waals surface area contributed by atoms with E-state index in [9.17, 15) is 18.3 Å². The van der Waals surface area contributed by atoms with Crippen molar-refractivity contribution in [3.05, 3.63) is 0 Å². The van der Waals surface area contributed by atoms with E-state index in [0.717, 1.165) is 6.26 Å². The highest BCUT2D eigenvalue weighted by Gasteiger charge is 2.36. The summed E-state index contributed by atoms with van der Waals surface area (Å²) in [5, 5.41) is 13.3. The first-order valence-electron chi connectivity index (χ1n) is 7.93. The van der Waals surface area contributed by atoms with Gasteiger partial charge in [0.15, 0.2) is 0 Å². The van der Waals surface area contributed by atoms with Crippen LogP contribution in [0.15, 0.2) is 0 Å². The van der Waals surface area contributed by atoms with Crippen LogP contribution in [0.4, 0.5) is 0 Å². The van der Waals surface area contributed by atoms with Crippen molar-refractivity contribution in [1.82, 2.24) is 14.5 Å². The molecule has 1 amide bonds. The first-order valence-corrected chi connectivity index (χ1v) is 9.77. The van der Waals surface area contributed by atoms with E-state index in [1.165, 1.54) is 4.31 Å². The molecule has 0 saturated carbocycles. The van der Waals surface area contributed by atoms with E-state index < -0.39 is 21.5 Å². The molecular weight excluding hydrogens is 322 g/mol. The van der Waals surface area contributed by atoms with E-state index in [1.807, 2.05) is 4.90 Å². The van der Waals surface area contributed by atoms with Gasteiger partial charge in [-0.1, -0.05) is 0 Å². The van der Waals surface area contributed by atoms with Gasteiger partial charge in [0.2, 0.25) is 15.9 Å². The topological polar surface area (TPSA) is 99.2 Å². The lowest BCUT2D eigenvalue weighted by Crippen LogP contribution is -2.49. The molecule has 0 radical (unpaired) electrons.